The van der Waals surface area contributed by atoms with Crippen LogP contribution in [0.3, 0.4) is 0 Å². The lowest BCUT2D eigenvalue weighted by Crippen LogP contribution is -2.39. The maximum Gasteiger partial charge on any atom is 0.274 e. The van der Waals surface area contributed by atoms with Gasteiger partial charge < -0.3 is 20.8 Å². The molecule has 1 aliphatic carbocycles. The Morgan fingerprint density at radius 3 is 2.60 bits per heavy atom. The first kappa shape index (κ1) is 24.2. The fourth-order valence-electron chi connectivity index (χ4n) is 4.39. The number of nitrogens with one attached hydrogen (secondary N) is 2. The largest absolute Gasteiger partial charge is 0.501 e. The number of aromatic nitrogens is 3. The number of carbonyl (C=O) groups is 1. The third kappa shape index (κ3) is 5.95. The molecule has 35 heavy (non-hydrogen) atoms. The van der Waals surface area contributed by atoms with Crippen LogP contribution in [0.4, 0.5) is 0 Å². The predicted octanol–water partition coefficient (Wildman–Crippen LogP) is 4.41. The minimum absolute atomic E-state index is 0.0356. The van der Waals surface area contributed by atoms with Gasteiger partial charge in [0.2, 0.25) is 5.75 Å². The van der Waals surface area contributed by atoms with Gasteiger partial charge in [-0.25, -0.2) is 4.98 Å². The Morgan fingerprint density at radius 2 is 1.86 bits per heavy atom. The van der Waals surface area contributed by atoms with Crippen molar-refractivity contribution < 1.29 is 15.0 Å². The zero-order chi connectivity index (χ0) is 24.8. The smallest absolute Gasteiger partial charge is 0.274 e. The van der Waals surface area contributed by atoms with Crippen molar-refractivity contribution in [3.8, 4) is 23.1 Å². The van der Waals surface area contributed by atoms with Gasteiger partial charge in [0.15, 0.2) is 11.5 Å². The molecule has 182 valence electrons. The summed E-state index contributed by atoms with van der Waals surface area (Å²) in [6, 6.07) is 13.4. The van der Waals surface area contributed by atoms with Crippen LogP contribution in [0.1, 0.15) is 60.6 Å². The van der Waals surface area contributed by atoms with Crippen LogP contribution >= 0.6 is 0 Å². The summed E-state index contributed by atoms with van der Waals surface area (Å²) < 4.78 is 0. The fraction of sp³-hybridized carbons (Fsp3) is 0.333. The van der Waals surface area contributed by atoms with E-state index in [1.165, 1.54) is 6.42 Å². The topological polar surface area (TPSA) is 120 Å². The van der Waals surface area contributed by atoms with Gasteiger partial charge >= 0.3 is 0 Å². The Balaban J connectivity index is 1.51. The van der Waals surface area contributed by atoms with Crippen molar-refractivity contribution in [3.63, 3.8) is 0 Å². The number of aromatic hydroxyl groups is 2. The van der Waals surface area contributed by atoms with Crippen molar-refractivity contribution in [2.45, 2.75) is 51.6 Å². The average molecular weight is 474 g/mol. The number of benzene rings is 1. The first-order valence-corrected chi connectivity index (χ1v) is 12.0. The molecule has 1 aliphatic rings. The van der Waals surface area contributed by atoms with E-state index >= 15 is 0 Å². The minimum Gasteiger partial charge on any atom is -0.501 e. The van der Waals surface area contributed by atoms with Crippen LogP contribution in [0.15, 0.2) is 55.2 Å². The fourth-order valence-corrected chi connectivity index (χ4v) is 4.39. The summed E-state index contributed by atoms with van der Waals surface area (Å²) in [5, 5.41) is 26.7. The minimum atomic E-state index is -0.668. The molecule has 1 amide bonds. The highest BCUT2D eigenvalue weighted by molar-refractivity contribution is 5.96. The molecule has 0 aliphatic heterocycles. The van der Waals surface area contributed by atoms with E-state index in [0.717, 1.165) is 36.8 Å². The Hall–Kier alpha value is -3.94. The van der Waals surface area contributed by atoms with Gasteiger partial charge in [-0.15, -0.1) is 0 Å². The molecule has 8 nitrogen and oxygen atoms in total. The molecule has 0 bridgehead atoms. The monoisotopic (exact) mass is 473 g/mol. The van der Waals surface area contributed by atoms with E-state index in [2.05, 4.69) is 32.2 Å². The Labute approximate surface area is 205 Å². The van der Waals surface area contributed by atoms with Crippen LogP contribution in [-0.2, 0) is 6.54 Å². The molecule has 0 saturated heterocycles. The first-order chi connectivity index (χ1) is 16.9. The highest BCUT2D eigenvalue weighted by atomic mass is 16.3. The van der Waals surface area contributed by atoms with Crippen molar-refractivity contribution >= 4 is 11.6 Å². The molecule has 0 radical (unpaired) electrons. The lowest BCUT2D eigenvalue weighted by molar-refractivity contribution is 0.0910. The maximum atomic E-state index is 12.9. The van der Waals surface area contributed by atoms with Crippen LogP contribution in [0.2, 0.25) is 0 Å². The number of hydrogen-bond donors (Lipinski definition) is 4. The van der Waals surface area contributed by atoms with Crippen molar-refractivity contribution in [2.24, 2.45) is 5.92 Å². The lowest BCUT2D eigenvalue weighted by atomic mass is 9.84. The number of hydrogen-bond acceptors (Lipinski definition) is 7. The molecule has 0 spiro atoms. The van der Waals surface area contributed by atoms with E-state index in [0.29, 0.717) is 23.9 Å². The summed E-state index contributed by atoms with van der Waals surface area (Å²) >= 11 is 0. The molecule has 1 unspecified atom stereocenters. The second-order valence-electron chi connectivity index (χ2n) is 8.98. The summed E-state index contributed by atoms with van der Waals surface area (Å²) in [6.45, 7) is 6.67. The summed E-state index contributed by atoms with van der Waals surface area (Å²) in [5.41, 5.74) is 2.63. The molecule has 4 N–H and O–H groups in total. The molecule has 1 saturated carbocycles. The summed E-state index contributed by atoms with van der Waals surface area (Å²) in [5.74, 6) is -1.44. The highest BCUT2D eigenvalue weighted by Crippen LogP contribution is 2.30. The van der Waals surface area contributed by atoms with Gasteiger partial charge in [0.05, 0.1) is 0 Å². The molecule has 3 aromatic rings. The number of amides is 1. The van der Waals surface area contributed by atoms with Crippen molar-refractivity contribution in [1.82, 2.24) is 25.6 Å². The Morgan fingerprint density at radius 1 is 1.11 bits per heavy atom. The molecule has 1 atom stereocenters. The summed E-state index contributed by atoms with van der Waals surface area (Å²) in [4.78, 5) is 25.4. The van der Waals surface area contributed by atoms with Gasteiger partial charge in [-0.1, -0.05) is 56.2 Å². The normalized spacial score (nSPS) is 14.8. The van der Waals surface area contributed by atoms with E-state index in [1.54, 1.807) is 18.3 Å². The van der Waals surface area contributed by atoms with Crippen molar-refractivity contribution in [3.05, 3.63) is 72.1 Å². The molecule has 2 aromatic heterocycles. The molecular weight excluding hydrogens is 442 g/mol. The molecule has 8 heteroatoms. The van der Waals surface area contributed by atoms with E-state index in [1.807, 2.05) is 37.3 Å². The Bertz CT molecular complexity index is 1190. The maximum absolute atomic E-state index is 12.9. The third-order valence-electron chi connectivity index (χ3n) is 6.48. The summed E-state index contributed by atoms with van der Waals surface area (Å²) in [6.07, 6.45) is 7.24. The molecule has 1 fully saturated rings. The van der Waals surface area contributed by atoms with Gasteiger partial charge in [0.1, 0.15) is 5.69 Å². The van der Waals surface area contributed by atoms with Crippen LogP contribution in [0, 0.1) is 5.92 Å². The summed E-state index contributed by atoms with van der Waals surface area (Å²) in [7, 11) is 0. The predicted molar refractivity (Wildman–Crippen MR) is 134 cm³/mol. The van der Waals surface area contributed by atoms with Gasteiger partial charge in [0, 0.05) is 30.0 Å². The zero-order valence-corrected chi connectivity index (χ0v) is 19.9. The van der Waals surface area contributed by atoms with Crippen molar-refractivity contribution in [1.29, 1.82) is 0 Å². The number of nitrogens with zero attached hydrogens (tertiary/aromatic N) is 3. The van der Waals surface area contributed by atoms with E-state index in [9.17, 15) is 15.0 Å². The number of rotatable bonds is 8. The number of pyridine rings is 1. The van der Waals surface area contributed by atoms with E-state index in [-0.39, 0.29) is 17.6 Å². The van der Waals surface area contributed by atoms with Crippen LogP contribution in [0.5, 0.6) is 11.6 Å². The SMILES string of the molecule is C=C(NCc1ccccc1)c1ccnc(-c2nc(O)c(O)c(C(=O)NC(C)C3CCCCC3)n2)c1. The van der Waals surface area contributed by atoms with Crippen LogP contribution in [-0.4, -0.2) is 37.1 Å². The zero-order valence-electron chi connectivity index (χ0n) is 19.9. The van der Waals surface area contributed by atoms with E-state index in [4.69, 9.17) is 0 Å². The van der Waals surface area contributed by atoms with Gasteiger partial charge in [-0.3, -0.25) is 9.78 Å². The first-order valence-electron chi connectivity index (χ1n) is 12.0. The standard InChI is InChI=1S/C27H31N5O3/c1-17(29-16-19-9-5-3-6-10-19)21-13-14-28-22(15-21)25-31-23(24(33)27(35)32-25)26(34)30-18(2)20-11-7-4-8-12-20/h3,5-6,9-10,13-15,18,20,29,33H,1,4,7-8,11-12,16H2,2H3,(H,30,34)(H,31,32,35). The number of carbonyl (C=O) groups excluding carboxylic acids is 1. The van der Waals surface area contributed by atoms with Crippen LogP contribution in [0.25, 0.3) is 17.2 Å². The quantitative estimate of drug-likeness (QED) is 0.382. The average Bonchev–Trinajstić information content (AvgIpc) is 2.89. The lowest BCUT2D eigenvalue weighted by Gasteiger charge is -2.28. The molecule has 1 aromatic carbocycles. The molecule has 4 rings (SSSR count). The van der Waals surface area contributed by atoms with Crippen molar-refractivity contribution in [2.75, 3.05) is 0 Å². The second kappa shape index (κ2) is 11.0. The van der Waals surface area contributed by atoms with Crippen LogP contribution < -0.4 is 10.6 Å². The Kier molecular flexibility index (Phi) is 7.60. The third-order valence-corrected chi connectivity index (χ3v) is 6.48. The molecule has 2 heterocycles. The second-order valence-corrected chi connectivity index (χ2v) is 8.98. The highest BCUT2D eigenvalue weighted by Gasteiger charge is 2.26. The van der Waals surface area contributed by atoms with Gasteiger partial charge in [0.25, 0.3) is 11.8 Å². The van der Waals surface area contributed by atoms with Gasteiger partial charge in [-0.2, -0.15) is 4.98 Å². The van der Waals surface area contributed by atoms with Gasteiger partial charge in [-0.05, 0) is 43.4 Å². The van der Waals surface area contributed by atoms with E-state index < -0.39 is 17.5 Å². The molecular formula is C27H31N5O3.